The van der Waals surface area contributed by atoms with Crippen molar-refractivity contribution in [2.75, 3.05) is 11.4 Å². The molecule has 20 heavy (non-hydrogen) atoms. The molecule has 1 atom stereocenters. The Morgan fingerprint density at radius 3 is 2.65 bits per heavy atom. The van der Waals surface area contributed by atoms with Crippen LogP contribution in [0, 0.1) is 0 Å². The highest BCUT2D eigenvalue weighted by Gasteiger charge is 2.34. The molecule has 2 N–H and O–H groups in total. The molecule has 2 aromatic rings. The summed E-state index contributed by atoms with van der Waals surface area (Å²) in [5.74, 6) is -0.0572. The zero-order valence-corrected chi connectivity index (χ0v) is 11.7. The quantitative estimate of drug-likeness (QED) is 0.943. The zero-order chi connectivity index (χ0) is 14.1. The number of hydrogen-bond acceptors (Lipinski definition) is 2. The fraction of sp³-hybridized carbons (Fsp3) is 0.188. The molecule has 2 aromatic carbocycles. The van der Waals surface area contributed by atoms with Crippen LogP contribution in [-0.2, 0) is 11.2 Å². The van der Waals surface area contributed by atoms with Gasteiger partial charge < -0.3 is 10.6 Å². The van der Waals surface area contributed by atoms with E-state index >= 15 is 0 Å². The molecule has 4 heteroatoms. The van der Waals surface area contributed by atoms with Gasteiger partial charge in [0.1, 0.15) is 6.04 Å². The Morgan fingerprint density at radius 2 is 1.90 bits per heavy atom. The summed E-state index contributed by atoms with van der Waals surface area (Å²) in [6, 6.07) is 14.9. The fourth-order valence-corrected chi connectivity index (χ4v) is 2.74. The van der Waals surface area contributed by atoms with Crippen LogP contribution in [-0.4, -0.2) is 12.5 Å². The van der Waals surface area contributed by atoms with E-state index in [1.54, 1.807) is 17.0 Å². The van der Waals surface area contributed by atoms with Crippen LogP contribution in [0.2, 0.25) is 5.02 Å². The molecule has 3 nitrogen and oxygen atoms in total. The number of halogens is 1. The van der Waals surface area contributed by atoms with Gasteiger partial charge in [-0.05, 0) is 30.2 Å². The number of nitrogens with zero attached hydrogens (tertiary/aromatic N) is 1. The van der Waals surface area contributed by atoms with Crippen LogP contribution in [0.25, 0.3) is 0 Å². The Kier molecular flexibility index (Phi) is 3.47. The van der Waals surface area contributed by atoms with Gasteiger partial charge in [-0.3, -0.25) is 4.79 Å². The topological polar surface area (TPSA) is 46.3 Å². The van der Waals surface area contributed by atoms with Crippen molar-refractivity contribution in [3.8, 4) is 0 Å². The molecule has 3 rings (SSSR count). The predicted octanol–water partition coefficient (Wildman–Crippen LogP) is 2.93. The number of benzene rings is 2. The first-order valence-corrected chi connectivity index (χ1v) is 6.95. The average molecular weight is 287 g/mol. The third kappa shape index (κ3) is 2.30. The molecule has 0 fully saturated rings. The van der Waals surface area contributed by atoms with Crippen molar-refractivity contribution < 1.29 is 4.79 Å². The smallest absolute Gasteiger partial charge is 0.248 e. The van der Waals surface area contributed by atoms with Crippen molar-refractivity contribution in [2.45, 2.75) is 12.5 Å². The van der Waals surface area contributed by atoms with Gasteiger partial charge in [-0.2, -0.15) is 0 Å². The van der Waals surface area contributed by atoms with Crippen molar-refractivity contribution in [3.63, 3.8) is 0 Å². The Labute approximate surface area is 123 Å². The van der Waals surface area contributed by atoms with Crippen molar-refractivity contribution in [1.82, 2.24) is 0 Å². The van der Waals surface area contributed by atoms with E-state index in [9.17, 15) is 4.79 Å². The zero-order valence-electron chi connectivity index (χ0n) is 10.9. The van der Waals surface area contributed by atoms with E-state index in [0.717, 1.165) is 17.7 Å². The Hall–Kier alpha value is -1.84. The summed E-state index contributed by atoms with van der Waals surface area (Å²) in [4.78, 5) is 14.0. The molecule has 0 bridgehead atoms. The maximum Gasteiger partial charge on any atom is 0.248 e. The minimum Gasteiger partial charge on any atom is -0.316 e. The number of amides is 1. The van der Waals surface area contributed by atoms with Crippen molar-refractivity contribution in [3.05, 3.63) is 64.7 Å². The maximum atomic E-state index is 12.3. The predicted molar refractivity (Wildman–Crippen MR) is 80.9 cm³/mol. The first-order valence-electron chi connectivity index (χ1n) is 6.57. The van der Waals surface area contributed by atoms with Crippen molar-refractivity contribution >= 4 is 23.2 Å². The molecule has 0 radical (unpaired) electrons. The Morgan fingerprint density at radius 1 is 1.15 bits per heavy atom. The molecule has 1 amide bonds. The van der Waals surface area contributed by atoms with E-state index in [1.165, 1.54) is 5.56 Å². The van der Waals surface area contributed by atoms with Crippen LogP contribution in [0.15, 0.2) is 48.5 Å². The van der Waals surface area contributed by atoms with Crippen LogP contribution in [0.4, 0.5) is 5.69 Å². The summed E-state index contributed by atoms with van der Waals surface area (Å²) in [7, 11) is 0. The van der Waals surface area contributed by atoms with Gasteiger partial charge in [0.05, 0.1) is 0 Å². The highest BCUT2D eigenvalue weighted by molar-refractivity contribution is 6.31. The van der Waals surface area contributed by atoms with Gasteiger partial charge in [0.15, 0.2) is 0 Å². The van der Waals surface area contributed by atoms with Crippen LogP contribution in [0.1, 0.15) is 17.2 Å². The third-order valence-electron chi connectivity index (χ3n) is 3.61. The Bertz CT molecular complexity index is 642. The van der Waals surface area contributed by atoms with E-state index < -0.39 is 6.04 Å². The SMILES string of the molecule is NC1C(=O)N(CCc2ccccc2)c2ccc(Cl)cc21. The van der Waals surface area contributed by atoms with E-state index in [1.807, 2.05) is 24.3 Å². The normalized spacial score (nSPS) is 17.4. The molecular formula is C16H15ClN2O. The number of carbonyl (C=O) groups is 1. The summed E-state index contributed by atoms with van der Waals surface area (Å²) in [6.07, 6.45) is 0.807. The van der Waals surface area contributed by atoms with Gasteiger partial charge in [-0.1, -0.05) is 41.9 Å². The lowest BCUT2D eigenvalue weighted by atomic mass is 10.1. The number of rotatable bonds is 3. The lowest BCUT2D eigenvalue weighted by Crippen LogP contribution is -2.33. The first kappa shape index (κ1) is 13.2. The van der Waals surface area contributed by atoms with Gasteiger partial charge in [-0.25, -0.2) is 0 Å². The van der Waals surface area contributed by atoms with E-state index in [0.29, 0.717) is 11.6 Å². The van der Waals surface area contributed by atoms with Gasteiger partial charge >= 0.3 is 0 Å². The van der Waals surface area contributed by atoms with Gasteiger partial charge in [0.2, 0.25) is 5.91 Å². The molecule has 0 aliphatic carbocycles. The van der Waals surface area contributed by atoms with E-state index in [-0.39, 0.29) is 5.91 Å². The second kappa shape index (κ2) is 5.27. The number of hydrogen-bond donors (Lipinski definition) is 1. The van der Waals surface area contributed by atoms with Crippen LogP contribution < -0.4 is 10.6 Å². The summed E-state index contributed by atoms with van der Waals surface area (Å²) < 4.78 is 0. The van der Waals surface area contributed by atoms with Gasteiger partial charge in [0, 0.05) is 22.8 Å². The third-order valence-corrected chi connectivity index (χ3v) is 3.85. The summed E-state index contributed by atoms with van der Waals surface area (Å²) in [6.45, 7) is 0.630. The number of anilines is 1. The highest BCUT2D eigenvalue weighted by Crippen LogP contribution is 2.36. The standard InChI is InChI=1S/C16H15ClN2O/c17-12-6-7-14-13(10-12)15(18)16(20)19(14)9-8-11-4-2-1-3-5-11/h1-7,10,15H,8-9,18H2. The van der Waals surface area contributed by atoms with E-state index in [4.69, 9.17) is 17.3 Å². The number of nitrogens with two attached hydrogens (primary N) is 1. The summed E-state index contributed by atoms with van der Waals surface area (Å²) in [5.41, 5.74) is 8.87. The second-order valence-corrected chi connectivity index (χ2v) is 5.34. The molecular weight excluding hydrogens is 272 g/mol. The summed E-state index contributed by atoms with van der Waals surface area (Å²) >= 11 is 5.97. The first-order chi connectivity index (χ1) is 9.66. The van der Waals surface area contributed by atoms with Gasteiger partial charge in [-0.15, -0.1) is 0 Å². The molecule has 0 aromatic heterocycles. The molecule has 0 spiro atoms. The van der Waals surface area contributed by atoms with Crippen LogP contribution >= 0.6 is 11.6 Å². The molecule has 1 aliphatic rings. The lowest BCUT2D eigenvalue weighted by Gasteiger charge is -2.17. The molecule has 0 saturated heterocycles. The lowest BCUT2D eigenvalue weighted by molar-refractivity contribution is -0.119. The van der Waals surface area contributed by atoms with Crippen LogP contribution in [0.5, 0.6) is 0 Å². The van der Waals surface area contributed by atoms with Crippen molar-refractivity contribution in [2.24, 2.45) is 5.73 Å². The molecule has 1 unspecified atom stereocenters. The maximum absolute atomic E-state index is 12.3. The molecule has 1 aliphatic heterocycles. The van der Waals surface area contributed by atoms with Crippen LogP contribution in [0.3, 0.4) is 0 Å². The minimum absolute atomic E-state index is 0.0572. The molecule has 102 valence electrons. The van der Waals surface area contributed by atoms with E-state index in [2.05, 4.69) is 12.1 Å². The molecule has 1 heterocycles. The Balaban J connectivity index is 1.83. The van der Waals surface area contributed by atoms with Gasteiger partial charge in [0.25, 0.3) is 0 Å². The molecule has 0 saturated carbocycles. The average Bonchev–Trinajstić information content (AvgIpc) is 2.70. The largest absolute Gasteiger partial charge is 0.316 e. The monoisotopic (exact) mass is 286 g/mol. The number of carbonyl (C=O) groups excluding carboxylic acids is 1. The fourth-order valence-electron chi connectivity index (χ4n) is 2.56. The summed E-state index contributed by atoms with van der Waals surface area (Å²) in [5, 5.41) is 0.608. The number of fused-ring (bicyclic) bond motifs is 1. The minimum atomic E-state index is -0.598. The van der Waals surface area contributed by atoms with Crippen molar-refractivity contribution in [1.29, 1.82) is 0 Å². The second-order valence-electron chi connectivity index (χ2n) is 4.91. The highest BCUT2D eigenvalue weighted by atomic mass is 35.5.